The Balaban J connectivity index is 1.30. The van der Waals surface area contributed by atoms with Crippen molar-refractivity contribution in [1.82, 2.24) is 20.3 Å². The van der Waals surface area contributed by atoms with Crippen molar-refractivity contribution in [2.24, 2.45) is 0 Å². The molecule has 0 saturated carbocycles. The van der Waals surface area contributed by atoms with Gasteiger partial charge in [-0.2, -0.15) is 0 Å². The number of nitrogens with one attached hydrogen (secondary N) is 4. The van der Waals surface area contributed by atoms with Gasteiger partial charge in [-0.1, -0.05) is 100 Å². The van der Waals surface area contributed by atoms with Gasteiger partial charge in [0, 0.05) is 57.7 Å². The summed E-state index contributed by atoms with van der Waals surface area (Å²) in [7, 11) is 0. The van der Waals surface area contributed by atoms with Gasteiger partial charge in [-0.05, 0) is 48.2 Å². The highest BCUT2D eigenvalue weighted by Crippen LogP contribution is 2.40. The van der Waals surface area contributed by atoms with E-state index < -0.39 is 17.4 Å². The minimum Gasteiger partial charge on any atom is -0.464 e. The summed E-state index contributed by atoms with van der Waals surface area (Å²) in [5, 5.41) is 6.13. The highest BCUT2D eigenvalue weighted by Gasteiger charge is 2.42. The number of rotatable bonds is 15. The van der Waals surface area contributed by atoms with E-state index in [0.29, 0.717) is 13.0 Å². The van der Waals surface area contributed by atoms with E-state index >= 15 is 0 Å². The molecule has 0 bridgehead atoms. The molecule has 7 heteroatoms. The number of hydrogen-bond donors (Lipinski definition) is 4. The third kappa shape index (κ3) is 6.32. The predicted molar refractivity (Wildman–Crippen MR) is 186 cm³/mol. The van der Waals surface area contributed by atoms with Crippen LogP contribution in [-0.4, -0.2) is 39.5 Å². The van der Waals surface area contributed by atoms with E-state index in [-0.39, 0.29) is 5.91 Å². The molecule has 1 atom stereocenters. The van der Waals surface area contributed by atoms with Crippen molar-refractivity contribution in [2.45, 2.75) is 76.7 Å². The van der Waals surface area contributed by atoms with E-state index in [2.05, 4.69) is 27.2 Å². The number of ether oxygens (including phenoxy) is 1. The summed E-state index contributed by atoms with van der Waals surface area (Å²) >= 11 is 0. The van der Waals surface area contributed by atoms with Gasteiger partial charge in [-0.15, -0.1) is 0 Å². The number of para-hydroxylation sites is 3. The Morgan fingerprint density at radius 3 is 1.80 bits per heavy atom. The van der Waals surface area contributed by atoms with Crippen LogP contribution in [0.25, 0.3) is 32.7 Å². The second kappa shape index (κ2) is 14.1. The summed E-state index contributed by atoms with van der Waals surface area (Å²) in [6.45, 7) is 4.50. The van der Waals surface area contributed by atoms with Gasteiger partial charge in [0.05, 0.1) is 6.61 Å². The molecule has 0 radical (unpaired) electrons. The number of esters is 1. The number of hydrogen-bond acceptors (Lipinski definition) is 3. The summed E-state index contributed by atoms with van der Waals surface area (Å²) in [4.78, 5) is 38.6. The lowest BCUT2D eigenvalue weighted by molar-refractivity contribution is -0.148. The fourth-order valence-electron chi connectivity index (χ4n) is 6.71. The molecule has 0 aliphatic carbocycles. The lowest BCUT2D eigenvalue weighted by Crippen LogP contribution is -2.51. The number of benzene rings is 3. The Morgan fingerprint density at radius 2 is 1.20 bits per heavy atom. The van der Waals surface area contributed by atoms with Gasteiger partial charge in [0.2, 0.25) is 5.91 Å². The van der Waals surface area contributed by atoms with E-state index in [1.165, 1.54) is 25.7 Å². The zero-order valence-corrected chi connectivity index (χ0v) is 26.8. The zero-order valence-electron chi connectivity index (χ0n) is 26.8. The Kier molecular flexibility index (Phi) is 9.57. The average molecular weight is 617 g/mol. The van der Waals surface area contributed by atoms with Gasteiger partial charge in [0.25, 0.3) is 0 Å². The number of unbranched alkanes of at least 4 members (excludes halogenated alkanes) is 6. The van der Waals surface area contributed by atoms with Crippen LogP contribution in [-0.2, 0) is 26.2 Å². The molecule has 0 aliphatic rings. The molecule has 0 aliphatic heterocycles. The molecule has 3 heterocycles. The third-order valence-electron chi connectivity index (χ3n) is 9.39. The van der Waals surface area contributed by atoms with Gasteiger partial charge in [0.15, 0.2) is 0 Å². The van der Waals surface area contributed by atoms with Crippen molar-refractivity contribution in [1.29, 1.82) is 0 Å². The van der Waals surface area contributed by atoms with Crippen LogP contribution >= 0.6 is 0 Å². The number of carbonyl (C=O) groups excluding carboxylic acids is 2. The van der Waals surface area contributed by atoms with E-state index in [0.717, 1.165) is 68.7 Å². The van der Waals surface area contributed by atoms with Crippen LogP contribution in [0.3, 0.4) is 0 Å². The smallest absolute Gasteiger partial charge is 0.328 e. The van der Waals surface area contributed by atoms with Gasteiger partial charge in [-0.25, -0.2) is 4.79 Å². The van der Waals surface area contributed by atoms with E-state index in [1.807, 2.05) is 98.3 Å². The molecular formula is C39H44N4O3. The maximum absolute atomic E-state index is 14.8. The van der Waals surface area contributed by atoms with Gasteiger partial charge >= 0.3 is 5.97 Å². The molecule has 0 saturated heterocycles. The first-order chi connectivity index (χ1) is 22.5. The van der Waals surface area contributed by atoms with Crippen LogP contribution in [0.4, 0.5) is 0 Å². The second-order valence-corrected chi connectivity index (χ2v) is 12.5. The number of aromatic nitrogens is 3. The highest BCUT2D eigenvalue weighted by atomic mass is 16.5. The highest BCUT2D eigenvalue weighted by molar-refractivity contribution is 6.03. The first kappa shape index (κ1) is 31.2. The molecule has 238 valence electrons. The number of amides is 1. The molecule has 3 aromatic heterocycles. The standard InChI is InChI=1S/C39H44N4O3/c1-3-4-5-6-7-8-15-22-46-37(44)36(23-27-24-40-33-19-12-9-16-28(27)33)43-38(45)39(2,31-25-41-34-20-13-10-17-29(31)34)32-26-42-35-21-14-11-18-30(32)35/h9-14,16-21,24-26,36,40-42H,3-8,15,22-23H2,1-2H3,(H,43,45)/t36-/m0/s1. The van der Waals surface area contributed by atoms with Crippen LogP contribution in [0.5, 0.6) is 0 Å². The van der Waals surface area contributed by atoms with Crippen molar-refractivity contribution >= 4 is 44.6 Å². The van der Waals surface area contributed by atoms with Gasteiger partial charge in [0.1, 0.15) is 11.5 Å². The molecule has 46 heavy (non-hydrogen) atoms. The molecule has 6 rings (SSSR count). The van der Waals surface area contributed by atoms with Crippen molar-refractivity contribution in [3.63, 3.8) is 0 Å². The van der Waals surface area contributed by atoms with E-state index in [9.17, 15) is 9.59 Å². The fourth-order valence-corrected chi connectivity index (χ4v) is 6.71. The quantitative estimate of drug-likeness (QED) is 0.0687. The number of aromatic amines is 3. The van der Waals surface area contributed by atoms with Crippen LogP contribution in [0.2, 0.25) is 0 Å². The summed E-state index contributed by atoms with van der Waals surface area (Å²) in [6, 6.07) is 23.1. The van der Waals surface area contributed by atoms with Crippen molar-refractivity contribution in [3.8, 4) is 0 Å². The van der Waals surface area contributed by atoms with Crippen molar-refractivity contribution in [3.05, 3.63) is 108 Å². The summed E-state index contributed by atoms with van der Waals surface area (Å²) < 4.78 is 5.85. The first-order valence-corrected chi connectivity index (χ1v) is 16.7. The predicted octanol–water partition coefficient (Wildman–Crippen LogP) is 8.46. The summed E-state index contributed by atoms with van der Waals surface area (Å²) in [6.07, 6.45) is 14.0. The lowest BCUT2D eigenvalue weighted by Gasteiger charge is -2.30. The molecule has 0 spiro atoms. The first-order valence-electron chi connectivity index (χ1n) is 16.7. The topological polar surface area (TPSA) is 103 Å². The number of carbonyl (C=O) groups is 2. The third-order valence-corrected chi connectivity index (χ3v) is 9.39. The van der Waals surface area contributed by atoms with E-state index in [4.69, 9.17) is 4.74 Å². The SMILES string of the molecule is CCCCCCCCCOC(=O)[C@H](Cc1c[nH]c2ccccc12)NC(=O)C(C)(c1c[nH]c2ccccc12)c1c[nH]c2ccccc12. The molecule has 6 aromatic rings. The van der Waals surface area contributed by atoms with Crippen molar-refractivity contribution in [2.75, 3.05) is 6.61 Å². The number of H-pyrrole nitrogens is 3. The van der Waals surface area contributed by atoms with Gasteiger partial charge in [-0.3, -0.25) is 4.79 Å². The molecule has 3 aromatic carbocycles. The largest absolute Gasteiger partial charge is 0.464 e. The lowest BCUT2D eigenvalue weighted by atomic mass is 9.75. The van der Waals surface area contributed by atoms with Gasteiger partial charge < -0.3 is 25.0 Å². The van der Waals surface area contributed by atoms with Crippen LogP contribution in [0.1, 0.15) is 75.5 Å². The Labute approximate surface area is 270 Å². The van der Waals surface area contributed by atoms with Crippen LogP contribution < -0.4 is 5.32 Å². The zero-order chi connectivity index (χ0) is 31.9. The minimum absolute atomic E-state index is 0.264. The molecule has 0 unspecified atom stereocenters. The minimum atomic E-state index is -1.13. The normalized spacial score (nSPS) is 12.6. The fraction of sp³-hybridized carbons (Fsp3) is 0.333. The van der Waals surface area contributed by atoms with Crippen LogP contribution in [0.15, 0.2) is 91.4 Å². The van der Waals surface area contributed by atoms with Crippen molar-refractivity contribution < 1.29 is 14.3 Å². The average Bonchev–Trinajstić information content (AvgIpc) is 3.83. The number of fused-ring (bicyclic) bond motifs is 3. The molecule has 1 amide bonds. The second-order valence-electron chi connectivity index (χ2n) is 12.5. The molecular weight excluding hydrogens is 572 g/mol. The molecule has 4 N–H and O–H groups in total. The molecule has 7 nitrogen and oxygen atoms in total. The summed E-state index contributed by atoms with van der Waals surface area (Å²) in [5.41, 5.74) is 4.38. The Morgan fingerprint density at radius 1 is 0.696 bits per heavy atom. The summed E-state index contributed by atoms with van der Waals surface area (Å²) in [5.74, 6) is -0.676. The van der Waals surface area contributed by atoms with Crippen LogP contribution in [0, 0.1) is 0 Å². The Hall–Kier alpha value is -4.78. The monoisotopic (exact) mass is 616 g/mol. The Bertz CT molecular complexity index is 1860. The van der Waals surface area contributed by atoms with E-state index in [1.54, 1.807) is 0 Å². The maximum Gasteiger partial charge on any atom is 0.328 e. The molecule has 0 fully saturated rings. The maximum atomic E-state index is 14.8.